The standard InChI is InChI=1S/C21H27ClN4O2/c1-13-17-10-16-9-15(5-8-25(16)20(17)24-11-18(13)22)26-7-2-3-19(21(26)27)28-12-14-4-6-23-14/h10-11,14-15,19,23H,2-9,12H2,1H3. The van der Waals surface area contributed by atoms with Crippen LogP contribution in [0.15, 0.2) is 12.3 Å². The number of carbonyl (C=O) groups excluding carboxylic acids is 1. The van der Waals surface area contributed by atoms with Crippen molar-refractivity contribution in [2.45, 2.75) is 63.8 Å². The maximum absolute atomic E-state index is 13.1. The van der Waals surface area contributed by atoms with Gasteiger partial charge in [-0.3, -0.25) is 4.79 Å². The Morgan fingerprint density at radius 2 is 2.18 bits per heavy atom. The summed E-state index contributed by atoms with van der Waals surface area (Å²) in [6.07, 6.45) is 6.31. The Bertz CT molecular complexity index is 907. The first-order chi connectivity index (χ1) is 13.6. The van der Waals surface area contributed by atoms with Crippen molar-refractivity contribution >= 4 is 28.5 Å². The van der Waals surface area contributed by atoms with Crippen LogP contribution in [-0.2, 0) is 22.5 Å². The van der Waals surface area contributed by atoms with Crippen molar-refractivity contribution in [1.82, 2.24) is 19.8 Å². The molecular weight excluding hydrogens is 376 g/mol. The van der Waals surface area contributed by atoms with E-state index in [1.807, 2.05) is 6.92 Å². The molecule has 28 heavy (non-hydrogen) atoms. The average molecular weight is 403 g/mol. The van der Waals surface area contributed by atoms with Crippen LogP contribution in [0.5, 0.6) is 0 Å². The van der Waals surface area contributed by atoms with E-state index in [4.69, 9.17) is 16.3 Å². The zero-order valence-electron chi connectivity index (χ0n) is 16.3. The number of nitrogens with zero attached hydrogens (tertiary/aromatic N) is 3. The van der Waals surface area contributed by atoms with Gasteiger partial charge < -0.3 is 19.5 Å². The van der Waals surface area contributed by atoms with Crippen molar-refractivity contribution in [2.75, 3.05) is 19.7 Å². The van der Waals surface area contributed by atoms with Crippen LogP contribution in [0.3, 0.4) is 0 Å². The fourth-order valence-electron chi connectivity index (χ4n) is 4.76. The summed E-state index contributed by atoms with van der Waals surface area (Å²) in [5, 5.41) is 5.17. The Labute approximate surface area is 170 Å². The van der Waals surface area contributed by atoms with E-state index in [9.17, 15) is 4.79 Å². The van der Waals surface area contributed by atoms with E-state index in [0.29, 0.717) is 17.7 Å². The van der Waals surface area contributed by atoms with Gasteiger partial charge in [0, 0.05) is 48.9 Å². The Morgan fingerprint density at radius 3 is 2.96 bits per heavy atom. The zero-order chi connectivity index (χ0) is 19.3. The summed E-state index contributed by atoms with van der Waals surface area (Å²) in [5.74, 6) is 0.178. The lowest BCUT2D eigenvalue weighted by Gasteiger charge is -2.40. The van der Waals surface area contributed by atoms with Crippen LogP contribution in [0.4, 0.5) is 0 Å². The molecule has 0 radical (unpaired) electrons. The highest BCUT2D eigenvalue weighted by Crippen LogP contribution is 2.32. The number of halogens is 1. The minimum Gasteiger partial charge on any atom is -0.367 e. The number of pyridine rings is 1. The number of rotatable bonds is 4. The molecule has 2 aromatic heterocycles. The normalized spacial score (nSPS) is 27.7. The van der Waals surface area contributed by atoms with Crippen LogP contribution < -0.4 is 5.32 Å². The van der Waals surface area contributed by atoms with Crippen LogP contribution in [0.25, 0.3) is 11.0 Å². The zero-order valence-corrected chi connectivity index (χ0v) is 17.0. The van der Waals surface area contributed by atoms with Crippen LogP contribution in [-0.4, -0.2) is 58.2 Å². The summed E-state index contributed by atoms with van der Waals surface area (Å²) in [6.45, 7) is 5.49. The smallest absolute Gasteiger partial charge is 0.251 e. The number of amides is 1. The lowest BCUT2D eigenvalue weighted by molar-refractivity contribution is -0.152. The van der Waals surface area contributed by atoms with E-state index in [0.717, 1.165) is 68.3 Å². The molecule has 0 bridgehead atoms. The SMILES string of the molecule is Cc1c(Cl)cnc2c1cc1n2CCC(N2CCCC(OCC3CCN3)C2=O)C1. The maximum atomic E-state index is 13.1. The van der Waals surface area contributed by atoms with Crippen molar-refractivity contribution in [3.05, 3.63) is 28.5 Å². The molecule has 1 amide bonds. The van der Waals surface area contributed by atoms with Gasteiger partial charge in [-0.05, 0) is 50.8 Å². The van der Waals surface area contributed by atoms with Crippen molar-refractivity contribution in [3.8, 4) is 0 Å². The highest BCUT2D eigenvalue weighted by molar-refractivity contribution is 6.32. The molecule has 0 aromatic carbocycles. The molecule has 2 saturated heterocycles. The predicted molar refractivity (Wildman–Crippen MR) is 109 cm³/mol. The Morgan fingerprint density at radius 1 is 1.32 bits per heavy atom. The molecule has 7 heteroatoms. The summed E-state index contributed by atoms with van der Waals surface area (Å²) in [4.78, 5) is 19.7. The number of hydrogen-bond acceptors (Lipinski definition) is 4. The molecule has 3 aliphatic heterocycles. The summed E-state index contributed by atoms with van der Waals surface area (Å²) in [6, 6.07) is 2.88. The third-order valence-electron chi connectivity index (χ3n) is 6.64. The molecule has 0 saturated carbocycles. The van der Waals surface area contributed by atoms with Gasteiger partial charge >= 0.3 is 0 Å². The Kier molecular flexibility index (Phi) is 4.81. The molecule has 0 spiro atoms. The number of nitrogens with one attached hydrogen (secondary N) is 1. The minimum absolute atomic E-state index is 0.178. The van der Waals surface area contributed by atoms with E-state index in [2.05, 4.69) is 25.8 Å². The van der Waals surface area contributed by atoms with Gasteiger partial charge in [0.2, 0.25) is 0 Å². The van der Waals surface area contributed by atoms with E-state index < -0.39 is 0 Å². The van der Waals surface area contributed by atoms with Crippen LogP contribution in [0, 0.1) is 6.92 Å². The first-order valence-electron chi connectivity index (χ1n) is 10.4. The molecule has 1 N–H and O–H groups in total. The fraction of sp³-hybridized carbons (Fsp3) is 0.619. The highest BCUT2D eigenvalue weighted by Gasteiger charge is 2.36. The predicted octanol–water partition coefficient (Wildman–Crippen LogP) is 2.68. The summed E-state index contributed by atoms with van der Waals surface area (Å²) < 4.78 is 8.27. The highest BCUT2D eigenvalue weighted by atomic mass is 35.5. The van der Waals surface area contributed by atoms with Crippen molar-refractivity contribution in [3.63, 3.8) is 0 Å². The number of aryl methyl sites for hydroxylation is 2. The number of fused-ring (bicyclic) bond motifs is 3. The number of hydrogen-bond donors (Lipinski definition) is 1. The lowest BCUT2D eigenvalue weighted by atomic mass is 9.97. The van der Waals surface area contributed by atoms with Gasteiger partial charge in [-0.25, -0.2) is 4.98 Å². The van der Waals surface area contributed by atoms with Gasteiger partial charge in [-0.2, -0.15) is 0 Å². The number of likely N-dealkylation sites (tertiary alicyclic amines) is 1. The largest absolute Gasteiger partial charge is 0.367 e. The first-order valence-corrected chi connectivity index (χ1v) is 10.8. The molecule has 2 aromatic rings. The molecule has 150 valence electrons. The Balaban J connectivity index is 1.32. The lowest BCUT2D eigenvalue weighted by Crippen LogP contribution is -2.53. The van der Waals surface area contributed by atoms with Crippen molar-refractivity contribution in [2.24, 2.45) is 0 Å². The van der Waals surface area contributed by atoms with Crippen molar-refractivity contribution < 1.29 is 9.53 Å². The number of aromatic nitrogens is 2. The molecular formula is C21H27ClN4O2. The third-order valence-corrected chi connectivity index (χ3v) is 7.02. The topological polar surface area (TPSA) is 59.4 Å². The van der Waals surface area contributed by atoms with E-state index >= 15 is 0 Å². The average Bonchev–Trinajstić information content (AvgIpc) is 3.03. The van der Waals surface area contributed by atoms with Crippen LogP contribution in [0.1, 0.15) is 36.9 Å². The van der Waals surface area contributed by atoms with Gasteiger partial charge in [0.15, 0.2) is 0 Å². The molecule has 5 heterocycles. The van der Waals surface area contributed by atoms with Gasteiger partial charge in [0.1, 0.15) is 11.8 Å². The molecule has 0 aliphatic carbocycles. The molecule has 6 nitrogen and oxygen atoms in total. The van der Waals surface area contributed by atoms with Crippen LogP contribution >= 0.6 is 11.6 Å². The molecule has 3 atom stereocenters. The van der Waals surface area contributed by atoms with Gasteiger partial charge in [0.05, 0.1) is 11.6 Å². The van der Waals surface area contributed by atoms with E-state index in [1.54, 1.807) is 6.20 Å². The molecule has 2 fully saturated rings. The summed E-state index contributed by atoms with van der Waals surface area (Å²) >= 11 is 6.26. The quantitative estimate of drug-likeness (QED) is 0.854. The minimum atomic E-state index is -0.272. The molecule has 5 rings (SSSR count). The summed E-state index contributed by atoms with van der Waals surface area (Å²) in [5.41, 5.74) is 3.34. The van der Waals surface area contributed by atoms with Gasteiger partial charge in [-0.15, -0.1) is 0 Å². The second kappa shape index (κ2) is 7.32. The molecule has 3 unspecified atom stereocenters. The fourth-order valence-corrected chi connectivity index (χ4v) is 4.91. The van der Waals surface area contributed by atoms with Crippen LogP contribution in [0.2, 0.25) is 5.02 Å². The molecule has 3 aliphatic rings. The van der Waals surface area contributed by atoms with E-state index in [-0.39, 0.29) is 18.1 Å². The Hall–Kier alpha value is -1.63. The van der Waals surface area contributed by atoms with Crippen molar-refractivity contribution in [1.29, 1.82) is 0 Å². The third kappa shape index (κ3) is 3.11. The summed E-state index contributed by atoms with van der Waals surface area (Å²) in [7, 11) is 0. The number of piperidine rings is 1. The maximum Gasteiger partial charge on any atom is 0.251 e. The van der Waals surface area contributed by atoms with Gasteiger partial charge in [0.25, 0.3) is 5.91 Å². The van der Waals surface area contributed by atoms with Gasteiger partial charge in [-0.1, -0.05) is 11.6 Å². The second-order valence-electron chi connectivity index (χ2n) is 8.34. The van der Waals surface area contributed by atoms with E-state index in [1.165, 1.54) is 5.69 Å². The number of carbonyl (C=O) groups is 1. The second-order valence-corrected chi connectivity index (χ2v) is 8.75. The monoisotopic (exact) mass is 402 g/mol. The number of ether oxygens (including phenoxy) is 1. The first kappa shape index (κ1) is 18.4.